The van der Waals surface area contributed by atoms with Crippen molar-refractivity contribution in [2.45, 2.75) is 76.8 Å². The monoisotopic (exact) mass is 264 g/mol. The summed E-state index contributed by atoms with van der Waals surface area (Å²) in [4.78, 5) is 2.89. The zero-order valence-electron chi connectivity index (χ0n) is 12.7. The Bertz CT molecular complexity index is 276. The van der Waals surface area contributed by atoms with Crippen LogP contribution in [0.5, 0.6) is 0 Å². The molecule has 110 valence electrons. The van der Waals surface area contributed by atoms with Gasteiger partial charge in [-0.25, -0.2) is 0 Å². The van der Waals surface area contributed by atoms with Crippen LogP contribution in [-0.2, 0) is 0 Å². The van der Waals surface area contributed by atoms with Gasteiger partial charge < -0.3 is 5.32 Å². The minimum absolute atomic E-state index is 0.806. The van der Waals surface area contributed by atoms with Crippen LogP contribution < -0.4 is 5.32 Å². The maximum absolute atomic E-state index is 3.76. The van der Waals surface area contributed by atoms with Gasteiger partial charge in [0.2, 0.25) is 0 Å². The zero-order valence-corrected chi connectivity index (χ0v) is 12.7. The largest absolute Gasteiger partial charge is 0.314 e. The highest BCUT2D eigenvalue weighted by atomic mass is 15.2. The van der Waals surface area contributed by atoms with Crippen molar-refractivity contribution in [1.82, 2.24) is 10.2 Å². The van der Waals surface area contributed by atoms with Crippen LogP contribution in [0.1, 0.15) is 64.7 Å². The van der Waals surface area contributed by atoms with Gasteiger partial charge in [0.1, 0.15) is 0 Å². The summed E-state index contributed by atoms with van der Waals surface area (Å²) in [6.45, 7) is 6.18. The first-order chi connectivity index (χ1) is 9.38. The zero-order chi connectivity index (χ0) is 13.1. The summed E-state index contributed by atoms with van der Waals surface area (Å²) in [5.74, 6) is 1.97. The van der Waals surface area contributed by atoms with Gasteiger partial charge in [0.15, 0.2) is 0 Å². The second-order valence-corrected chi connectivity index (χ2v) is 7.10. The summed E-state index contributed by atoms with van der Waals surface area (Å²) >= 11 is 0. The van der Waals surface area contributed by atoms with E-state index in [0.717, 1.165) is 30.5 Å². The van der Waals surface area contributed by atoms with Crippen LogP contribution in [0.4, 0.5) is 0 Å². The van der Waals surface area contributed by atoms with E-state index in [1.165, 1.54) is 70.9 Å². The molecule has 1 heterocycles. The van der Waals surface area contributed by atoms with Crippen LogP contribution in [0.2, 0.25) is 0 Å². The van der Waals surface area contributed by atoms with Gasteiger partial charge in [0.25, 0.3) is 0 Å². The van der Waals surface area contributed by atoms with Crippen molar-refractivity contribution in [1.29, 1.82) is 0 Å². The molecule has 1 N–H and O–H groups in total. The van der Waals surface area contributed by atoms with Gasteiger partial charge in [0, 0.05) is 18.6 Å². The van der Waals surface area contributed by atoms with Crippen LogP contribution in [0.3, 0.4) is 0 Å². The Morgan fingerprint density at radius 2 is 1.79 bits per heavy atom. The standard InChI is InChI=1S/C17H32N2/c1-2-18-16-10-4-3-7-15(16)13-19-12-6-9-14-8-5-11-17(14)19/h14-18H,2-13H2,1H3. The second-order valence-electron chi connectivity index (χ2n) is 7.10. The molecule has 0 aromatic rings. The molecular weight excluding hydrogens is 232 g/mol. The fourth-order valence-electron chi connectivity index (χ4n) is 5.04. The summed E-state index contributed by atoms with van der Waals surface area (Å²) in [7, 11) is 0. The van der Waals surface area contributed by atoms with Crippen LogP contribution >= 0.6 is 0 Å². The van der Waals surface area contributed by atoms with Crippen molar-refractivity contribution in [2.75, 3.05) is 19.6 Å². The summed E-state index contributed by atoms with van der Waals surface area (Å²) in [6, 6.07) is 1.76. The second kappa shape index (κ2) is 6.58. The van der Waals surface area contributed by atoms with Crippen molar-refractivity contribution in [3.05, 3.63) is 0 Å². The molecular formula is C17H32N2. The van der Waals surface area contributed by atoms with Crippen molar-refractivity contribution in [3.63, 3.8) is 0 Å². The molecule has 2 nitrogen and oxygen atoms in total. The fraction of sp³-hybridized carbons (Fsp3) is 1.00. The Labute approximate surface area is 119 Å². The number of nitrogens with one attached hydrogen (secondary N) is 1. The summed E-state index contributed by atoms with van der Waals surface area (Å²) in [5, 5.41) is 3.76. The average Bonchev–Trinajstić information content (AvgIpc) is 2.91. The molecule has 4 unspecified atom stereocenters. The van der Waals surface area contributed by atoms with Crippen molar-refractivity contribution < 1.29 is 0 Å². The Balaban J connectivity index is 1.59. The van der Waals surface area contributed by atoms with E-state index >= 15 is 0 Å². The highest BCUT2D eigenvalue weighted by Crippen LogP contribution is 2.38. The Kier molecular flexibility index (Phi) is 4.81. The van der Waals surface area contributed by atoms with E-state index in [4.69, 9.17) is 0 Å². The Morgan fingerprint density at radius 1 is 0.947 bits per heavy atom. The quantitative estimate of drug-likeness (QED) is 0.837. The van der Waals surface area contributed by atoms with Gasteiger partial charge in [-0.1, -0.05) is 26.2 Å². The summed E-state index contributed by atoms with van der Waals surface area (Å²) in [5.41, 5.74) is 0. The van der Waals surface area contributed by atoms with Gasteiger partial charge in [-0.15, -0.1) is 0 Å². The van der Waals surface area contributed by atoms with Crippen LogP contribution in [-0.4, -0.2) is 36.6 Å². The molecule has 1 saturated heterocycles. The molecule has 2 aliphatic carbocycles. The molecule has 2 heteroatoms. The summed E-state index contributed by atoms with van der Waals surface area (Å²) < 4.78 is 0. The molecule has 3 aliphatic rings. The van der Waals surface area contributed by atoms with Crippen molar-refractivity contribution in [2.24, 2.45) is 11.8 Å². The van der Waals surface area contributed by atoms with E-state index in [1.807, 2.05) is 0 Å². The third kappa shape index (κ3) is 3.16. The van der Waals surface area contributed by atoms with E-state index in [-0.39, 0.29) is 0 Å². The molecule has 3 rings (SSSR count). The van der Waals surface area contributed by atoms with E-state index in [1.54, 1.807) is 0 Å². The van der Waals surface area contributed by atoms with Gasteiger partial charge in [-0.3, -0.25) is 4.90 Å². The third-order valence-corrected chi connectivity index (χ3v) is 5.95. The lowest BCUT2D eigenvalue weighted by Gasteiger charge is -2.42. The van der Waals surface area contributed by atoms with Gasteiger partial charge >= 0.3 is 0 Å². The maximum Gasteiger partial charge on any atom is 0.0124 e. The van der Waals surface area contributed by atoms with E-state index in [0.29, 0.717) is 0 Å². The number of likely N-dealkylation sites (tertiary alicyclic amines) is 1. The highest BCUT2D eigenvalue weighted by Gasteiger charge is 2.37. The first-order valence-electron chi connectivity index (χ1n) is 8.86. The average molecular weight is 264 g/mol. The summed E-state index contributed by atoms with van der Waals surface area (Å²) in [6.07, 6.45) is 13.3. The number of hydrogen-bond acceptors (Lipinski definition) is 2. The maximum atomic E-state index is 3.76. The smallest absolute Gasteiger partial charge is 0.0124 e. The number of hydrogen-bond donors (Lipinski definition) is 1. The van der Waals surface area contributed by atoms with Crippen LogP contribution in [0.25, 0.3) is 0 Å². The van der Waals surface area contributed by atoms with E-state index in [2.05, 4.69) is 17.1 Å². The molecule has 0 amide bonds. The van der Waals surface area contributed by atoms with E-state index in [9.17, 15) is 0 Å². The Hall–Kier alpha value is -0.0800. The predicted octanol–water partition coefficient (Wildman–Crippen LogP) is 3.42. The molecule has 0 spiro atoms. The lowest BCUT2D eigenvalue weighted by Crippen LogP contribution is -2.49. The lowest BCUT2D eigenvalue weighted by molar-refractivity contribution is 0.0760. The molecule has 0 aromatic heterocycles. The van der Waals surface area contributed by atoms with Crippen molar-refractivity contribution in [3.8, 4) is 0 Å². The van der Waals surface area contributed by atoms with Crippen LogP contribution in [0, 0.1) is 11.8 Å². The van der Waals surface area contributed by atoms with Gasteiger partial charge in [0.05, 0.1) is 0 Å². The molecule has 0 aromatic carbocycles. The van der Waals surface area contributed by atoms with E-state index < -0.39 is 0 Å². The van der Waals surface area contributed by atoms with Crippen molar-refractivity contribution >= 4 is 0 Å². The molecule has 0 bridgehead atoms. The number of nitrogens with zero attached hydrogens (tertiary/aromatic N) is 1. The normalized spacial score (nSPS) is 40.3. The molecule has 0 radical (unpaired) electrons. The number of piperidine rings is 1. The Morgan fingerprint density at radius 3 is 2.68 bits per heavy atom. The van der Waals surface area contributed by atoms with Crippen LogP contribution in [0.15, 0.2) is 0 Å². The topological polar surface area (TPSA) is 15.3 Å². The minimum Gasteiger partial charge on any atom is -0.314 e. The first-order valence-corrected chi connectivity index (χ1v) is 8.86. The molecule has 1 aliphatic heterocycles. The predicted molar refractivity (Wildman–Crippen MR) is 81.4 cm³/mol. The number of fused-ring (bicyclic) bond motifs is 1. The number of rotatable bonds is 4. The molecule has 2 saturated carbocycles. The molecule has 3 fully saturated rings. The molecule has 19 heavy (non-hydrogen) atoms. The molecule has 4 atom stereocenters. The third-order valence-electron chi connectivity index (χ3n) is 5.95. The lowest BCUT2D eigenvalue weighted by atomic mass is 9.82. The minimum atomic E-state index is 0.806. The SMILES string of the molecule is CCNC1CCCCC1CN1CCCC2CCCC21. The van der Waals surface area contributed by atoms with Gasteiger partial charge in [-0.05, 0) is 63.5 Å². The fourth-order valence-corrected chi connectivity index (χ4v) is 5.04. The highest BCUT2D eigenvalue weighted by molar-refractivity contribution is 4.92. The first kappa shape index (κ1) is 13.9. The van der Waals surface area contributed by atoms with Gasteiger partial charge in [-0.2, -0.15) is 0 Å².